The predicted octanol–water partition coefficient (Wildman–Crippen LogP) is 12.5. The first-order valence-electron chi connectivity index (χ1n) is 25.8. The fourth-order valence-corrected chi connectivity index (χ4v) is 10.1. The topological polar surface area (TPSA) is 179 Å². The Balaban J connectivity index is 0.863. The van der Waals surface area contributed by atoms with Crippen LogP contribution >= 0.6 is 0 Å². The highest BCUT2D eigenvalue weighted by molar-refractivity contribution is 6.03. The number of nitrogens with zero attached hydrogens (tertiary/aromatic N) is 4. The van der Waals surface area contributed by atoms with Crippen molar-refractivity contribution in [2.75, 3.05) is 47.4 Å². The van der Waals surface area contributed by atoms with E-state index in [4.69, 9.17) is 15.5 Å². The number of likely N-dealkylation sites (tertiary alicyclic amines) is 2. The molecule has 8 aromatic rings. The molecule has 14 nitrogen and oxygen atoms in total. The van der Waals surface area contributed by atoms with Gasteiger partial charge in [0, 0.05) is 108 Å². The predicted molar refractivity (Wildman–Crippen MR) is 302 cm³/mol. The van der Waals surface area contributed by atoms with Gasteiger partial charge < -0.3 is 37.1 Å². The van der Waals surface area contributed by atoms with Crippen molar-refractivity contribution in [2.45, 2.75) is 77.2 Å². The number of benzene rings is 6. The van der Waals surface area contributed by atoms with Gasteiger partial charge in [-0.05, 0) is 170 Å². The van der Waals surface area contributed by atoms with E-state index in [2.05, 4.69) is 77.8 Å². The summed E-state index contributed by atoms with van der Waals surface area (Å²) in [4.78, 5) is 53.2. The number of ether oxygens (including phenoxy) is 1. The van der Waals surface area contributed by atoms with Crippen LogP contribution in [-0.2, 0) is 17.8 Å². The number of amides is 5. The van der Waals surface area contributed by atoms with Crippen LogP contribution in [0.25, 0.3) is 54.9 Å². The quantitative estimate of drug-likeness (QED) is 0.0695. The van der Waals surface area contributed by atoms with E-state index in [0.717, 1.165) is 119 Å². The van der Waals surface area contributed by atoms with Crippen LogP contribution in [0.4, 0.5) is 37.1 Å². The summed E-state index contributed by atoms with van der Waals surface area (Å²) in [5, 5.41) is 19.2. The summed E-state index contributed by atoms with van der Waals surface area (Å²) in [5.74, 6) is 0. The standard InChI is InChI=1S/C61H64N10O4/c1-61(2,3)75-60(74)69-51-24-28-71(29-25-51)39-46-33-55-45(35-64-37-57(55)42-16-20-49(21-17-42)66-58(72)65-48-9-5-4-6-10-48)32-53(46)43-8-7-11-52(31-43)68-59(73)67-50-18-14-41(15-19-50)56-36-63-34-44-13-12-40(30-54(44)56)38-70-26-22-47(62)23-27-70/h4-21,30-37,47,51H,22-29,38-39,62H2,1-3H3,(H,69,74)(H2,65,66,72)(H2,67,68,73). The van der Waals surface area contributed by atoms with E-state index < -0.39 is 11.7 Å². The van der Waals surface area contributed by atoms with Gasteiger partial charge in [-0.3, -0.25) is 19.8 Å². The molecule has 0 atom stereocenters. The zero-order valence-electron chi connectivity index (χ0n) is 42.7. The summed E-state index contributed by atoms with van der Waals surface area (Å²) < 4.78 is 5.55. The number of aromatic nitrogens is 2. The molecule has 0 aliphatic carbocycles. The number of para-hydroxylation sites is 1. The number of hydrogen-bond acceptors (Lipinski definition) is 9. The summed E-state index contributed by atoms with van der Waals surface area (Å²) in [6.07, 6.45) is 10.8. The van der Waals surface area contributed by atoms with E-state index >= 15 is 0 Å². The average Bonchev–Trinajstić information content (AvgIpc) is 3.40. The van der Waals surface area contributed by atoms with Crippen molar-refractivity contribution in [1.29, 1.82) is 0 Å². The van der Waals surface area contributed by atoms with Gasteiger partial charge in [-0.15, -0.1) is 0 Å². The molecule has 2 fully saturated rings. The van der Waals surface area contributed by atoms with Crippen LogP contribution in [0.2, 0.25) is 0 Å². The summed E-state index contributed by atoms with van der Waals surface area (Å²) in [5.41, 5.74) is 16.6. The summed E-state index contributed by atoms with van der Waals surface area (Å²) >= 11 is 0. The number of pyridine rings is 2. The van der Waals surface area contributed by atoms with E-state index in [0.29, 0.717) is 35.3 Å². The minimum Gasteiger partial charge on any atom is -0.444 e. The number of carbonyl (C=O) groups is 3. The molecule has 75 heavy (non-hydrogen) atoms. The van der Waals surface area contributed by atoms with Crippen molar-refractivity contribution in [2.24, 2.45) is 5.73 Å². The third-order valence-electron chi connectivity index (χ3n) is 13.9. The zero-order chi connectivity index (χ0) is 51.9. The largest absolute Gasteiger partial charge is 0.444 e. The zero-order valence-corrected chi connectivity index (χ0v) is 42.7. The number of nitrogens with one attached hydrogen (secondary N) is 5. The van der Waals surface area contributed by atoms with Crippen LogP contribution in [0.5, 0.6) is 0 Å². The number of fused-ring (bicyclic) bond motifs is 2. The number of nitrogens with two attached hydrogens (primary N) is 1. The highest BCUT2D eigenvalue weighted by atomic mass is 16.6. The van der Waals surface area contributed by atoms with Gasteiger partial charge >= 0.3 is 18.2 Å². The van der Waals surface area contributed by atoms with Crippen molar-refractivity contribution >= 4 is 62.4 Å². The molecule has 2 aromatic heterocycles. The van der Waals surface area contributed by atoms with E-state index in [-0.39, 0.29) is 18.1 Å². The van der Waals surface area contributed by atoms with Crippen molar-refractivity contribution in [3.63, 3.8) is 0 Å². The lowest BCUT2D eigenvalue weighted by atomic mass is 9.92. The first-order valence-corrected chi connectivity index (χ1v) is 25.8. The molecule has 14 heteroatoms. The van der Waals surface area contributed by atoms with Gasteiger partial charge in [0.2, 0.25) is 0 Å². The van der Waals surface area contributed by atoms with E-state index in [1.165, 1.54) is 5.56 Å². The lowest BCUT2D eigenvalue weighted by Gasteiger charge is -2.33. The van der Waals surface area contributed by atoms with E-state index in [9.17, 15) is 14.4 Å². The molecule has 5 amide bonds. The number of anilines is 4. The van der Waals surface area contributed by atoms with Gasteiger partial charge in [0.1, 0.15) is 5.60 Å². The minimum absolute atomic E-state index is 0.0176. The van der Waals surface area contributed by atoms with E-state index in [1.807, 2.05) is 143 Å². The van der Waals surface area contributed by atoms with Crippen molar-refractivity contribution < 1.29 is 19.1 Å². The molecular weight excluding hydrogens is 937 g/mol. The fraction of sp³-hybridized carbons (Fsp3) is 0.262. The third kappa shape index (κ3) is 13.0. The Morgan fingerprint density at radius 2 is 1.09 bits per heavy atom. The number of alkyl carbamates (subject to hydrolysis) is 1. The first kappa shape index (κ1) is 50.4. The Kier molecular flexibility index (Phi) is 15.1. The lowest BCUT2D eigenvalue weighted by molar-refractivity contribution is 0.0477. The van der Waals surface area contributed by atoms with Gasteiger partial charge in [-0.25, -0.2) is 14.4 Å². The molecule has 7 N–H and O–H groups in total. The SMILES string of the molecule is CC(C)(C)OC(=O)NC1CCN(Cc2cc3c(-c4ccc(NC(=O)Nc5ccccc5)cc4)cncc3cc2-c2cccc(NC(=O)Nc3ccc(-c4cncc5ccc(CN6CCC(N)CC6)cc45)cc3)c2)CC1. The number of urea groups is 2. The molecule has 0 spiro atoms. The maximum absolute atomic E-state index is 13.6. The maximum Gasteiger partial charge on any atom is 0.407 e. The smallest absolute Gasteiger partial charge is 0.407 e. The monoisotopic (exact) mass is 1000 g/mol. The minimum atomic E-state index is -0.571. The van der Waals surface area contributed by atoms with Gasteiger partial charge in [0.25, 0.3) is 0 Å². The van der Waals surface area contributed by atoms with Crippen LogP contribution < -0.4 is 32.3 Å². The number of carbonyl (C=O) groups excluding carboxylic acids is 3. The Labute approximate surface area is 438 Å². The number of rotatable bonds is 12. The van der Waals surface area contributed by atoms with Crippen LogP contribution in [0, 0.1) is 0 Å². The normalized spacial score (nSPS) is 14.8. The Morgan fingerprint density at radius 3 is 1.72 bits per heavy atom. The summed E-state index contributed by atoms with van der Waals surface area (Å²) in [7, 11) is 0. The summed E-state index contributed by atoms with van der Waals surface area (Å²) in [6.45, 7) is 10.7. The molecule has 382 valence electrons. The second kappa shape index (κ2) is 22.5. The van der Waals surface area contributed by atoms with Crippen molar-refractivity contribution in [3.8, 4) is 33.4 Å². The molecule has 0 bridgehead atoms. The molecule has 4 heterocycles. The maximum atomic E-state index is 13.6. The molecule has 0 radical (unpaired) electrons. The van der Waals surface area contributed by atoms with Crippen molar-refractivity contribution in [3.05, 3.63) is 169 Å². The third-order valence-corrected chi connectivity index (χ3v) is 13.9. The van der Waals surface area contributed by atoms with Crippen LogP contribution in [0.3, 0.4) is 0 Å². The first-order chi connectivity index (χ1) is 36.3. The Bertz CT molecular complexity index is 3310. The molecule has 2 aliphatic heterocycles. The fourth-order valence-electron chi connectivity index (χ4n) is 10.1. The van der Waals surface area contributed by atoms with Gasteiger partial charge in [-0.2, -0.15) is 0 Å². The van der Waals surface area contributed by atoms with E-state index in [1.54, 1.807) is 0 Å². The second-order valence-electron chi connectivity index (χ2n) is 20.7. The molecule has 2 saturated heterocycles. The van der Waals surface area contributed by atoms with Gasteiger partial charge in [0.15, 0.2) is 0 Å². The van der Waals surface area contributed by atoms with Crippen LogP contribution in [0.15, 0.2) is 158 Å². The highest BCUT2D eigenvalue weighted by Gasteiger charge is 2.25. The number of hydrogen-bond donors (Lipinski definition) is 6. The molecule has 2 aliphatic rings. The van der Waals surface area contributed by atoms with Crippen LogP contribution in [-0.4, -0.2) is 81.8 Å². The molecule has 6 aromatic carbocycles. The molecular formula is C61H64N10O4. The summed E-state index contributed by atoms with van der Waals surface area (Å²) in [6, 6.07) is 43.5. The van der Waals surface area contributed by atoms with Crippen LogP contribution in [0.1, 0.15) is 57.6 Å². The van der Waals surface area contributed by atoms with Gasteiger partial charge in [0.05, 0.1) is 0 Å². The Hall–Kier alpha value is -8.17. The van der Waals surface area contributed by atoms with Gasteiger partial charge in [-0.1, -0.05) is 66.7 Å². The highest BCUT2D eigenvalue weighted by Crippen LogP contribution is 2.37. The molecule has 0 unspecified atom stereocenters. The Morgan fingerprint density at radius 1 is 0.547 bits per heavy atom. The second-order valence-corrected chi connectivity index (χ2v) is 20.7. The molecule has 0 saturated carbocycles. The lowest BCUT2D eigenvalue weighted by Crippen LogP contribution is -2.45. The van der Waals surface area contributed by atoms with Crippen molar-refractivity contribution in [1.82, 2.24) is 25.1 Å². The molecule has 10 rings (SSSR count). The average molecular weight is 1000 g/mol. The number of piperidine rings is 2.